The summed E-state index contributed by atoms with van der Waals surface area (Å²) in [4.78, 5) is 0. The van der Waals surface area contributed by atoms with E-state index < -0.39 is 12.2 Å². The highest BCUT2D eigenvalue weighted by Crippen LogP contribution is 2.50. The van der Waals surface area contributed by atoms with E-state index in [0.29, 0.717) is 0 Å². The van der Waals surface area contributed by atoms with Crippen molar-refractivity contribution in [3.05, 3.63) is 82.9 Å². The molecule has 2 N–H and O–H groups in total. The first kappa shape index (κ1) is 12.2. The van der Waals surface area contributed by atoms with E-state index in [9.17, 15) is 10.2 Å². The maximum atomic E-state index is 10.6. The molecule has 0 bridgehead atoms. The summed E-state index contributed by atoms with van der Waals surface area (Å²) in [5.74, 6) is 0. The minimum absolute atomic E-state index is 0.582. The third-order valence-corrected chi connectivity index (χ3v) is 4.90. The van der Waals surface area contributed by atoms with Crippen LogP contribution >= 0.6 is 0 Å². The lowest BCUT2D eigenvalue weighted by atomic mass is 9.97. The van der Waals surface area contributed by atoms with Crippen LogP contribution in [0.5, 0.6) is 0 Å². The average Bonchev–Trinajstić information content (AvgIpc) is 3.01. The van der Waals surface area contributed by atoms with Crippen molar-refractivity contribution in [2.75, 3.05) is 0 Å². The Morgan fingerprint density at radius 3 is 1.36 bits per heavy atom. The van der Waals surface area contributed by atoms with Crippen LogP contribution in [0, 0.1) is 0 Å². The lowest BCUT2D eigenvalue weighted by Crippen LogP contribution is -1.96. The van der Waals surface area contributed by atoms with Crippen molar-refractivity contribution in [1.29, 1.82) is 0 Å². The van der Waals surface area contributed by atoms with Gasteiger partial charge in [-0.15, -0.1) is 0 Å². The van der Waals surface area contributed by atoms with Crippen LogP contribution in [-0.2, 0) is 0 Å². The van der Waals surface area contributed by atoms with Gasteiger partial charge in [0.25, 0.3) is 0 Å². The van der Waals surface area contributed by atoms with Gasteiger partial charge in [0.15, 0.2) is 0 Å². The fourth-order valence-electron chi connectivity index (χ4n) is 3.85. The summed E-state index contributed by atoms with van der Waals surface area (Å²) < 4.78 is 0. The molecule has 0 radical (unpaired) electrons. The molecule has 2 aliphatic carbocycles. The molecule has 3 aromatic rings. The van der Waals surface area contributed by atoms with Gasteiger partial charge in [0.1, 0.15) is 12.2 Å². The second-order valence-electron chi connectivity index (χ2n) is 6.01. The molecule has 2 nitrogen and oxygen atoms in total. The summed E-state index contributed by atoms with van der Waals surface area (Å²) >= 11 is 0. The molecule has 0 saturated carbocycles. The van der Waals surface area contributed by atoms with E-state index in [4.69, 9.17) is 0 Å². The molecular formula is C20H14O2. The van der Waals surface area contributed by atoms with Crippen molar-refractivity contribution in [3.8, 4) is 22.3 Å². The number of benzene rings is 3. The number of hydrogen-bond donors (Lipinski definition) is 2. The first-order chi connectivity index (χ1) is 10.8. The van der Waals surface area contributed by atoms with E-state index in [2.05, 4.69) is 0 Å². The summed E-state index contributed by atoms with van der Waals surface area (Å²) in [6, 6.07) is 20.0. The normalized spacial score (nSPS) is 20.3. The summed E-state index contributed by atoms with van der Waals surface area (Å²) in [7, 11) is 0. The van der Waals surface area contributed by atoms with Gasteiger partial charge in [-0.2, -0.15) is 0 Å². The van der Waals surface area contributed by atoms with Crippen LogP contribution < -0.4 is 0 Å². The Kier molecular flexibility index (Phi) is 2.25. The van der Waals surface area contributed by atoms with Crippen LogP contribution in [0.25, 0.3) is 22.3 Å². The summed E-state index contributed by atoms with van der Waals surface area (Å²) in [6.45, 7) is 0. The minimum Gasteiger partial charge on any atom is -0.384 e. The molecule has 0 aromatic heterocycles. The summed E-state index contributed by atoms with van der Waals surface area (Å²) in [5.41, 5.74) is 7.97. The second kappa shape index (κ2) is 4.07. The molecule has 3 aromatic carbocycles. The maximum absolute atomic E-state index is 10.6. The molecule has 0 fully saturated rings. The van der Waals surface area contributed by atoms with Gasteiger partial charge >= 0.3 is 0 Å². The van der Waals surface area contributed by atoms with Gasteiger partial charge in [-0.1, -0.05) is 48.5 Å². The topological polar surface area (TPSA) is 40.5 Å². The van der Waals surface area contributed by atoms with Gasteiger partial charge in [-0.25, -0.2) is 0 Å². The predicted molar refractivity (Wildman–Crippen MR) is 85.4 cm³/mol. The number of hydrogen-bond acceptors (Lipinski definition) is 2. The van der Waals surface area contributed by atoms with Crippen LogP contribution in [0.2, 0.25) is 0 Å². The van der Waals surface area contributed by atoms with E-state index in [0.717, 1.165) is 44.5 Å². The predicted octanol–water partition coefficient (Wildman–Crippen LogP) is 3.81. The Hall–Kier alpha value is -2.42. The molecule has 0 aliphatic heterocycles. The first-order valence-electron chi connectivity index (χ1n) is 7.48. The van der Waals surface area contributed by atoms with E-state index >= 15 is 0 Å². The zero-order chi connectivity index (χ0) is 14.8. The minimum atomic E-state index is -0.582. The van der Waals surface area contributed by atoms with Crippen LogP contribution in [-0.4, -0.2) is 10.2 Å². The van der Waals surface area contributed by atoms with Crippen molar-refractivity contribution < 1.29 is 10.2 Å². The van der Waals surface area contributed by atoms with Crippen LogP contribution in [0.4, 0.5) is 0 Å². The van der Waals surface area contributed by atoms with Gasteiger partial charge in [0.05, 0.1) is 0 Å². The molecular weight excluding hydrogens is 272 g/mol. The third kappa shape index (κ3) is 1.36. The molecule has 0 saturated heterocycles. The summed E-state index contributed by atoms with van der Waals surface area (Å²) in [5, 5.41) is 21.2. The maximum Gasteiger partial charge on any atom is 0.105 e. The Morgan fingerprint density at radius 2 is 0.909 bits per heavy atom. The van der Waals surface area contributed by atoms with E-state index in [-0.39, 0.29) is 0 Å². The molecule has 0 spiro atoms. The summed E-state index contributed by atoms with van der Waals surface area (Å²) in [6.07, 6.45) is -1.16. The monoisotopic (exact) mass is 286 g/mol. The van der Waals surface area contributed by atoms with Crippen LogP contribution in [0.15, 0.2) is 60.7 Å². The zero-order valence-corrected chi connectivity index (χ0v) is 11.8. The molecule has 2 atom stereocenters. The number of rotatable bonds is 0. The highest BCUT2D eigenvalue weighted by molar-refractivity contribution is 5.86. The number of aliphatic hydroxyl groups is 2. The Balaban J connectivity index is 1.81. The molecule has 5 rings (SSSR count). The third-order valence-electron chi connectivity index (χ3n) is 4.90. The quantitative estimate of drug-likeness (QED) is 0.659. The molecule has 0 heterocycles. The smallest absolute Gasteiger partial charge is 0.105 e. The van der Waals surface area contributed by atoms with E-state index in [1.54, 1.807) is 0 Å². The highest BCUT2D eigenvalue weighted by Gasteiger charge is 2.33. The first-order valence-corrected chi connectivity index (χ1v) is 7.48. The Morgan fingerprint density at radius 1 is 0.500 bits per heavy atom. The van der Waals surface area contributed by atoms with Gasteiger partial charge in [-0.3, -0.25) is 0 Å². The van der Waals surface area contributed by atoms with Crippen molar-refractivity contribution in [1.82, 2.24) is 0 Å². The molecule has 2 heteroatoms. The highest BCUT2D eigenvalue weighted by atomic mass is 16.3. The van der Waals surface area contributed by atoms with E-state index in [1.807, 2.05) is 60.7 Å². The number of fused-ring (bicyclic) bond motifs is 6. The lowest BCUT2D eigenvalue weighted by molar-refractivity contribution is 0.222. The molecule has 22 heavy (non-hydrogen) atoms. The fraction of sp³-hybridized carbons (Fsp3) is 0.100. The van der Waals surface area contributed by atoms with Crippen molar-refractivity contribution >= 4 is 0 Å². The molecule has 2 unspecified atom stereocenters. The SMILES string of the molecule is OC1c2ccccc2-c2cc3c(cc21)-c1ccccc1C3O. The number of aliphatic hydroxyl groups excluding tert-OH is 2. The zero-order valence-electron chi connectivity index (χ0n) is 11.8. The van der Waals surface area contributed by atoms with Gasteiger partial charge in [-0.05, 0) is 56.6 Å². The van der Waals surface area contributed by atoms with E-state index in [1.165, 1.54) is 0 Å². The average molecular weight is 286 g/mol. The second-order valence-corrected chi connectivity index (χ2v) is 6.01. The van der Waals surface area contributed by atoms with Crippen molar-refractivity contribution in [3.63, 3.8) is 0 Å². The fourth-order valence-corrected chi connectivity index (χ4v) is 3.85. The standard InChI is InChI=1S/C20H14O2/c21-19-13-7-3-1-5-11(13)15-9-18-16(10-17(15)19)12-6-2-4-8-14(12)20(18)22/h1-10,19-22H. The largest absolute Gasteiger partial charge is 0.384 e. The lowest BCUT2D eigenvalue weighted by Gasteiger charge is -2.10. The van der Waals surface area contributed by atoms with Crippen molar-refractivity contribution in [2.24, 2.45) is 0 Å². The van der Waals surface area contributed by atoms with Crippen molar-refractivity contribution in [2.45, 2.75) is 12.2 Å². The van der Waals surface area contributed by atoms with Gasteiger partial charge in [0, 0.05) is 0 Å². The van der Waals surface area contributed by atoms with Gasteiger partial charge in [0.2, 0.25) is 0 Å². The molecule has 2 aliphatic rings. The van der Waals surface area contributed by atoms with Crippen LogP contribution in [0.3, 0.4) is 0 Å². The molecule has 0 amide bonds. The Labute approximate surface area is 128 Å². The molecule has 106 valence electrons. The Bertz CT molecular complexity index is 849. The van der Waals surface area contributed by atoms with Gasteiger partial charge < -0.3 is 10.2 Å². The van der Waals surface area contributed by atoms with Crippen LogP contribution in [0.1, 0.15) is 34.5 Å².